The van der Waals surface area contributed by atoms with Crippen molar-refractivity contribution in [3.8, 4) is 0 Å². The number of allylic oxidation sites excluding steroid dienone is 3. The largest absolute Gasteiger partial charge is 0.497 e. The highest BCUT2D eigenvalue weighted by atomic mass is 16.5. The van der Waals surface area contributed by atoms with E-state index in [1.165, 1.54) is 6.20 Å². The molecule has 2 rings (SSSR count). The van der Waals surface area contributed by atoms with Crippen LogP contribution in [0.25, 0.3) is 0 Å². The second-order valence-electron chi connectivity index (χ2n) is 4.27. The van der Waals surface area contributed by atoms with Crippen molar-refractivity contribution >= 4 is 5.91 Å². The predicted molar refractivity (Wildman–Crippen MR) is 78.5 cm³/mol. The van der Waals surface area contributed by atoms with Crippen LogP contribution in [0.5, 0.6) is 0 Å². The maximum atomic E-state index is 11.8. The summed E-state index contributed by atoms with van der Waals surface area (Å²) in [4.78, 5) is 11.8. The molecule has 0 aliphatic heterocycles. The van der Waals surface area contributed by atoms with Crippen molar-refractivity contribution in [1.82, 2.24) is 0 Å². The van der Waals surface area contributed by atoms with E-state index in [1.54, 1.807) is 44.6 Å². The molecule has 1 aliphatic rings. The number of nitrogens with zero attached hydrogens (tertiary/aromatic N) is 2. The molecule has 0 radical (unpaired) electrons. The number of hydrogen-bond acceptors (Lipinski definition) is 4. The van der Waals surface area contributed by atoms with Crippen LogP contribution in [0.1, 0.15) is 16.8 Å². The van der Waals surface area contributed by atoms with Gasteiger partial charge in [-0.05, 0) is 24.6 Å². The fourth-order valence-electron chi connectivity index (χ4n) is 1.83. The Morgan fingerprint density at radius 1 is 1.19 bits per heavy atom. The summed E-state index contributed by atoms with van der Waals surface area (Å²) >= 11 is 0. The lowest BCUT2D eigenvalue weighted by Crippen LogP contribution is -2.00. The summed E-state index contributed by atoms with van der Waals surface area (Å²) in [5, 5.41) is 7.51. The van der Waals surface area contributed by atoms with Crippen molar-refractivity contribution < 1.29 is 14.3 Å². The summed E-state index contributed by atoms with van der Waals surface area (Å²) < 4.78 is 10.4. The molecule has 0 N–H and O–H groups in total. The van der Waals surface area contributed by atoms with E-state index in [1.807, 2.05) is 12.1 Å². The van der Waals surface area contributed by atoms with Crippen LogP contribution in [-0.4, -0.2) is 20.1 Å². The predicted octanol–water partition coefficient (Wildman–Crippen LogP) is 3.63. The lowest BCUT2D eigenvalue weighted by atomic mass is 10.1. The number of ether oxygens (including phenoxy) is 2. The Morgan fingerprint density at radius 3 is 2.62 bits per heavy atom. The minimum absolute atomic E-state index is 0.376. The standard InChI is InChI=1S/C16H16N2O3/c1-20-14-9-8-13(15(10-14)21-2)11-17-18-16(19)12-6-4-3-5-7-12/h3-7,9-11H,8H2,1-2H3. The zero-order chi connectivity index (χ0) is 15.1. The summed E-state index contributed by atoms with van der Waals surface area (Å²) in [5.41, 5.74) is 1.34. The fraction of sp³-hybridized carbons (Fsp3) is 0.188. The number of amides is 1. The first-order valence-electron chi connectivity index (χ1n) is 6.44. The summed E-state index contributed by atoms with van der Waals surface area (Å²) in [6.45, 7) is 0. The molecular weight excluding hydrogens is 268 g/mol. The topological polar surface area (TPSA) is 60.2 Å². The molecule has 1 aromatic carbocycles. The van der Waals surface area contributed by atoms with Crippen molar-refractivity contribution in [2.45, 2.75) is 6.42 Å². The second-order valence-corrected chi connectivity index (χ2v) is 4.27. The third kappa shape index (κ3) is 3.89. The van der Waals surface area contributed by atoms with Gasteiger partial charge in [-0.3, -0.25) is 4.79 Å². The lowest BCUT2D eigenvalue weighted by Gasteiger charge is -2.14. The summed E-state index contributed by atoms with van der Waals surface area (Å²) in [5.74, 6) is 1.01. The molecule has 0 spiro atoms. The maximum absolute atomic E-state index is 11.8. The average Bonchev–Trinajstić information content (AvgIpc) is 2.55. The van der Waals surface area contributed by atoms with Crippen molar-refractivity contribution in [2.24, 2.45) is 10.2 Å². The van der Waals surface area contributed by atoms with E-state index in [4.69, 9.17) is 9.47 Å². The Balaban J connectivity index is 2.08. The van der Waals surface area contributed by atoms with Crippen molar-refractivity contribution in [2.75, 3.05) is 14.2 Å². The van der Waals surface area contributed by atoms with Crippen molar-refractivity contribution in [3.05, 3.63) is 71.3 Å². The highest BCUT2D eigenvalue weighted by Crippen LogP contribution is 2.24. The Kier molecular flexibility index (Phi) is 5.04. The third-order valence-electron chi connectivity index (χ3n) is 2.95. The van der Waals surface area contributed by atoms with Crippen LogP contribution in [-0.2, 0) is 9.47 Å². The van der Waals surface area contributed by atoms with Crippen LogP contribution < -0.4 is 0 Å². The van der Waals surface area contributed by atoms with E-state index in [9.17, 15) is 4.79 Å². The van der Waals surface area contributed by atoms with Gasteiger partial charge in [0.25, 0.3) is 5.91 Å². The van der Waals surface area contributed by atoms with Gasteiger partial charge in [0.15, 0.2) is 0 Å². The van der Waals surface area contributed by atoms with E-state index in [-0.39, 0.29) is 5.91 Å². The molecule has 1 aliphatic carbocycles. The van der Waals surface area contributed by atoms with Gasteiger partial charge in [-0.2, -0.15) is 5.11 Å². The third-order valence-corrected chi connectivity index (χ3v) is 2.95. The van der Waals surface area contributed by atoms with Crippen LogP contribution >= 0.6 is 0 Å². The molecule has 21 heavy (non-hydrogen) atoms. The number of benzene rings is 1. The van der Waals surface area contributed by atoms with Crippen LogP contribution in [0, 0.1) is 0 Å². The van der Waals surface area contributed by atoms with Crippen LogP contribution in [0.3, 0.4) is 0 Å². The SMILES string of the molecule is COC1=CCC(=CN=NC(=O)c2ccccc2)C(OC)=C1. The van der Waals surface area contributed by atoms with E-state index in [0.29, 0.717) is 17.7 Å². The van der Waals surface area contributed by atoms with E-state index < -0.39 is 0 Å². The normalized spacial score (nSPS) is 16.6. The van der Waals surface area contributed by atoms with E-state index in [0.717, 1.165) is 11.3 Å². The zero-order valence-electron chi connectivity index (χ0n) is 11.9. The minimum atomic E-state index is -0.376. The molecule has 0 heterocycles. The molecule has 108 valence electrons. The van der Waals surface area contributed by atoms with Crippen molar-refractivity contribution in [3.63, 3.8) is 0 Å². The number of carbonyl (C=O) groups is 1. The second kappa shape index (κ2) is 7.19. The molecule has 5 nitrogen and oxygen atoms in total. The van der Waals surface area contributed by atoms with Gasteiger partial charge in [-0.25, -0.2) is 0 Å². The van der Waals surface area contributed by atoms with Gasteiger partial charge in [-0.1, -0.05) is 18.2 Å². The Morgan fingerprint density at radius 2 is 1.95 bits per heavy atom. The summed E-state index contributed by atoms with van der Waals surface area (Å²) in [6, 6.07) is 8.80. The quantitative estimate of drug-likeness (QED) is 0.793. The lowest BCUT2D eigenvalue weighted by molar-refractivity contribution is 0.0995. The smallest absolute Gasteiger partial charge is 0.295 e. The molecule has 0 saturated carbocycles. The summed E-state index contributed by atoms with van der Waals surface area (Å²) in [6.07, 6.45) is 5.81. The first-order valence-corrected chi connectivity index (χ1v) is 6.44. The maximum Gasteiger partial charge on any atom is 0.295 e. The highest BCUT2D eigenvalue weighted by Gasteiger charge is 2.11. The molecule has 1 amide bonds. The van der Waals surface area contributed by atoms with Crippen molar-refractivity contribution in [1.29, 1.82) is 0 Å². The molecule has 0 saturated heterocycles. The van der Waals surface area contributed by atoms with Crippen LogP contribution in [0.4, 0.5) is 0 Å². The van der Waals surface area contributed by atoms with Gasteiger partial charge in [0.2, 0.25) is 0 Å². The van der Waals surface area contributed by atoms with Gasteiger partial charge >= 0.3 is 0 Å². The Bertz CT molecular complexity index is 628. The van der Waals surface area contributed by atoms with Crippen LogP contribution in [0.15, 0.2) is 76.0 Å². The minimum Gasteiger partial charge on any atom is -0.497 e. The van der Waals surface area contributed by atoms with Gasteiger partial charge in [0.1, 0.15) is 11.5 Å². The molecule has 5 heteroatoms. The average molecular weight is 284 g/mol. The molecular formula is C16H16N2O3. The molecule has 0 unspecified atom stereocenters. The first-order chi connectivity index (χ1) is 10.2. The monoisotopic (exact) mass is 284 g/mol. The molecule has 0 atom stereocenters. The van der Waals surface area contributed by atoms with Crippen LogP contribution in [0.2, 0.25) is 0 Å². The fourth-order valence-corrected chi connectivity index (χ4v) is 1.83. The highest BCUT2D eigenvalue weighted by molar-refractivity contribution is 5.94. The van der Waals surface area contributed by atoms with E-state index >= 15 is 0 Å². The summed E-state index contributed by atoms with van der Waals surface area (Å²) in [7, 11) is 3.17. The number of hydrogen-bond donors (Lipinski definition) is 0. The van der Waals surface area contributed by atoms with Gasteiger partial charge < -0.3 is 9.47 Å². The Labute approximate surface area is 123 Å². The molecule has 0 bridgehead atoms. The molecule has 1 aromatic rings. The van der Waals surface area contributed by atoms with E-state index in [2.05, 4.69) is 10.2 Å². The van der Waals surface area contributed by atoms with Gasteiger partial charge in [0.05, 0.1) is 20.4 Å². The molecule has 0 fully saturated rings. The van der Waals surface area contributed by atoms with Gasteiger partial charge in [0, 0.05) is 17.2 Å². The number of rotatable bonds is 4. The Hall–Kier alpha value is -2.69. The number of carbonyl (C=O) groups excluding carboxylic acids is 1. The zero-order valence-corrected chi connectivity index (χ0v) is 11.9. The number of azo groups is 1. The first kappa shape index (κ1) is 14.7. The molecule has 0 aromatic heterocycles. The van der Waals surface area contributed by atoms with Gasteiger partial charge in [-0.15, -0.1) is 5.11 Å². The number of methoxy groups -OCH3 is 2.